The number of rotatable bonds is 2. The van der Waals surface area contributed by atoms with E-state index in [-0.39, 0.29) is 6.54 Å². The molecule has 0 saturated carbocycles. The minimum Gasteiger partial charge on any atom is -0.356 e. The van der Waals surface area contributed by atoms with Crippen molar-refractivity contribution in [3.8, 4) is 0 Å². The topological polar surface area (TPSA) is 42.2 Å². The number of anilines is 1. The molecule has 1 aliphatic heterocycles. The van der Waals surface area contributed by atoms with Gasteiger partial charge in [-0.1, -0.05) is 19.9 Å². The minimum absolute atomic E-state index is 0.194. The molecule has 3 nitrogen and oxygen atoms in total. The Hall–Kier alpha value is -1.30. The van der Waals surface area contributed by atoms with Crippen molar-refractivity contribution in [1.82, 2.24) is 4.98 Å². The predicted octanol–water partition coefficient (Wildman–Crippen LogP) is 2.65. The van der Waals surface area contributed by atoms with Gasteiger partial charge in [0.15, 0.2) is 0 Å². The first-order valence-electron chi connectivity index (χ1n) is 6.35. The molecule has 0 radical (unpaired) electrons. The second kappa shape index (κ2) is 5.00. The molecule has 1 aromatic rings. The monoisotopic (exact) mass is 273 g/mol. The van der Waals surface area contributed by atoms with Crippen LogP contribution < -0.4 is 10.6 Å². The summed E-state index contributed by atoms with van der Waals surface area (Å²) in [6, 6.07) is 2.42. The molecule has 1 aromatic heterocycles. The molecule has 6 heteroatoms. The van der Waals surface area contributed by atoms with Gasteiger partial charge < -0.3 is 10.6 Å². The second-order valence-corrected chi connectivity index (χ2v) is 5.24. The third-order valence-electron chi connectivity index (χ3n) is 3.75. The van der Waals surface area contributed by atoms with Gasteiger partial charge in [0.25, 0.3) is 0 Å². The number of aromatic nitrogens is 1. The van der Waals surface area contributed by atoms with E-state index in [2.05, 4.69) is 18.8 Å². The summed E-state index contributed by atoms with van der Waals surface area (Å²) in [7, 11) is 0. The van der Waals surface area contributed by atoms with Gasteiger partial charge >= 0.3 is 6.18 Å². The van der Waals surface area contributed by atoms with Gasteiger partial charge in [0, 0.05) is 25.2 Å². The van der Waals surface area contributed by atoms with Crippen LogP contribution in [0.3, 0.4) is 0 Å². The van der Waals surface area contributed by atoms with Crippen LogP contribution in [0, 0.1) is 11.8 Å². The predicted molar refractivity (Wildman–Crippen MR) is 67.7 cm³/mol. The molecule has 2 rings (SSSR count). The first-order chi connectivity index (χ1) is 8.82. The number of alkyl halides is 3. The standard InChI is InChI=1S/C13H18F3N3/c1-8-6-19(7-9(8)2)12-10(5-17)3-4-11(18-12)13(14,15)16/h3-4,8-9H,5-7,17H2,1-2H3. The Balaban J connectivity index is 2.37. The van der Waals surface area contributed by atoms with Gasteiger partial charge in [0.2, 0.25) is 0 Å². The average molecular weight is 273 g/mol. The SMILES string of the molecule is CC1CN(c2nc(C(F)(F)F)ccc2CN)CC1C. The van der Waals surface area contributed by atoms with Crippen molar-refractivity contribution in [2.24, 2.45) is 17.6 Å². The van der Waals surface area contributed by atoms with Gasteiger partial charge in [0.1, 0.15) is 11.5 Å². The van der Waals surface area contributed by atoms with Gasteiger partial charge in [-0.25, -0.2) is 4.98 Å². The second-order valence-electron chi connectivity index (χ2n) is 5.24. The number of hydrogen-bond donors (Lipinski definition) is 1. The van der Waals surface area contributed by atoms with Crippen molar-refractivity contribution in [2.75, 3.05) is 18.0 Å². The Bertz CT molecular complexity index is 449. The summed E-state index contributed by atoms with van der Waals surface area (Å²) in [4.78, 5) is 5.70. The van der Waals surface area contributed by atoms with Gasteiger partial charge in [-0.3, -0.25) is 0 Å². The Morgan fingerprint density at radius 3 is 2.32 bits per heavy atom. The van der Waals surface area contributed by atoms with Crippen molar-refractivity contribution >= 4 is 5.82 Å². The molecule has 19 heavy (non-hydrogen) atoms. The molecule has 1 saturated heterocycles. The number of nitrogens with zero attached hydrogens (tertiary/aromatic N) is 2. The molecule has 0 aliphatic carbocycles. The summed E-state index contributed by atoms with van der Waals surface area (Å²) in [5.41, 5.74) is 5.41. The molecule has 2 unspecified atom stereocenters. The van der Waals surface area contributed by atoms with E-state index < -0.39 is 11.9 Å². The van der Waals surface area contributed by atoms with E-state index in [0.29, 0.717) is 23.2 Å². The minimum atomic E-state index is -4.42. The summed E-state index contributed by atoms with van der Waals surface area (Å²) in [5.74, 6) is 1.28. The third-order valence-corrected chi connectivity index (χ3v) is 3.75. The van der Waals surface area contributed by atoms with Crippen molar-refractivity contribution in [1.29, 1.82) is 0 Å². The summed E-state index contributed by atoms with van der Waals surface area (Å²) < 4.78 is 38.2. The van der Waals surface area contributed by atoms with Crippen LogP contribution in [0.1, 0.15) is 25.1 Å². The maximum Gasteiger partial charge on any atom is 0.433 e. The molecule has 0 amide bonds. The highest BCUT2D eigenvalue weighted by molar-refractivity contribution is 5.49. The Morgan fingerprint density at radius 2 is 1.84 bits per heavy atom. The number of halogens is 3. The van der Waals surface area contributed by atoms with Crippen LogP contribution in [0.25, 0.3) is 0 Å². The zero-order valence-corrected chi connectivity index (χ0v) is 11.0. The van der Waals surface area contributed by atoms with Crippen molar-refractivity contribution in [2.45, 2.75) is 26.6 Å². The average Bonchev–Trinajstić information content (AvgIpc) is 2.67. The van der Waals surface area contributed by atoms with Crippen LogP contribution in [0.15, 0.2) is 12.1 Å². The van der Waals surface area contributed by atoms with Crippen molar-refractivity contribution < 1.29 is 13.2 Å². The first-order valence-corrected chi connectivity index (χ1v) is 6.35. The lowest BCUT2D eigenvalue weighted by Crippen LogP contribution is -2.24. The van der Waals surface area contributed by atoms with Crippen LogP contribution in [0.5, 0.6) is 0 Å². The zero-order chi connectivity index (χ0) is 14.2. The van der Waals surface area contributed by atoms with E-state index >= 15 is 0 Å². The molecule has 2 atom stereocenters. The molecule has 106 valence electrons. The first kappa shape index (κ1) is 14.1. The summed E-state index contributed by atoms with van der Waals surface area (Å²) >= 11 is 0. The summed E-state index contributed by atoms with van der Waals surface area (Å²) in [5, 5.41) is 0. The molecule has 0 aromatic carbocycles. The Morgan fingerprint density at radius 1 is 1.26 bits per heavy atom. The quantitative estimate of drug-likeness (QED) is 0.900. The lowest BCUT2D eigenvalue weighted by atomic mass is 10.0. The van der Waals surface area contributed by atoms with Gasteiger partial charge in [-0.15, -0.1) is 0 Å². The number of hydrogen-bond acceptors (Lipinski definition) is 3. The summed E-state index contributed by atoms with van der Waals surface area (Å²) in [6.07, 6.45) is -4.42. The van der Waals surface area contributed by atoms with Crippen LogP contribution >= 0.6 is 0 Å². The van der Waals surface area contributed by atoms with Crippen LogP contribution in [0.2, 0.25) is 0 Å². The van der Waals surface area contributed by atoms with Crippen LogP contribution in [-0.4, -0.2) is 18.1 Å². The molecule has 1 aliphatic rings. The van der Waals surface area contributed by atoms with Gasteiger partial charge in [0.05, 0.1) is 0 Å². The maximum atomic E-state index is 12.7. The Kier molecular flexibility index (Phi) is 3.71. The van der Waals surface area contributed by atoms with Crippen molar-refractivity contribution in [3.63, 3.8) is 0 Å². The van der Waals surface area contributed by atoms with Crippen molar-refractivity contribution in [3.05, 3.63) is 23.4 Å². The van der Waals surface area contributed by atoms with E-state index in [1.165, 1.54) is 6.07 Å². The fraction of sp³-hybridized carbons (Fsp3) is 0.615. The molecule has 2 N–H and O–H groups in total. The fourth-order valence-corrected chi connectivity index (χ4v) is 2.37. The molecular weight excluding hydrogens is 255 g/mol. The molecular formula is C13H18F3N3. The maximum absolute atomic E-state index is 12.7. The molecule has 2 heterocycles. The fourth-order valence-electron chi connectivity index (χ4n) is 2.37. The molecule has 1 fully saturated rings. The normalized spacial score (nSPS) is 24.0. The lowest BCUT2D eigenvalue weighted by Gasteiger charge is -2.21. The van der Waals surface area contributed by atoms with Crippen LogP contribution in [-0.2, 0) is 12.7 Å². The highest BCUT2D eigenvalue weighted by Gasteiger charge is 2.35. The molecule has 0 bridgehead atoms. The summed E-state index contributed by atoms with van der Waals surface area (Å²) in [6.45, 7) is 5.84. The van der Waals surface area contributed by atoms with E-state index in [0.717, 1.165) is 19.2 Å². The lowest BCUT2D eigenvalue weighted by molar-refractivity contribution is -0.141. The van der Waals surface area contributed by atoms with Gasteiger partial charge in [-0.2, -0.15) is 13.2 Å². The van der Waals surface area contributed by atoms with E-state index in [1.807, 2.05) is 4.90 Å². The largest absolute Gasteiger partial charge is 0.433 e. The zero-order valence-electron chi connectivity index (χ0n) is 11.0. The van der Waals surface area contributed by atoms with Gasteiger partial charge in [-0.05, 0) is 17.9 Å². The highest BCUT2D eigenvalue weighted by Crippen LogP contribution is 2.33. The number of nitrogens with two attached hydrogens (primary N) is 1. The van der Waals surface area contributed by atoms with E-state index in [9.17, 15) is 13.2 Å². The molecule has 0 spiro atoms. The number of pyridine rings is 1. The smallest absolute Gasteiger partial charge is 0.356 e. The highest BCUT2D eigenvalue weighted by atomic mass is 19.4. The third kappa shape index (κ3) is 2.83. The van der Waals surface area contributed by atoms with Crippen LogP contribution in [0.4, 0.5) is 19.0 Å². The van der Waals surface area contributed by atoms with E-state index in [1.54, 1.807) is 0 Å². The van der Waals surface area contributed by atoms with E-state index in [4.69, 9.17) is 5.73 Å². The Labute approximate surface area is 110 Å².